The van der Waals surface area contributed by atoms with E-state index >= 15 is 0 Å². The van der Waals surface area contributed by atoms with E-state index in [9.17, 15) is 9.59 Å². The van der Waals surface area contributed by atoms with Crippen LogP contribution in [0.2, 0.25) is 10.0 Å². The molecular weight excluding hydrogens is 263 g/mol. The Bertz CT molecular complexity index is 540. The van der Waals surface area contributed by atoms with Crippen LogP contribution in [0.3, 0.4) is 0 Å². The number of urea groups is 1. The predicted octanol–water partition coefficient (Wildman–Crippen LogP) is 2.58. The molecule has 3 amide bonds. The molecule has 0 atom stereocenters. The Kier molecular flexibility index (Phi) is 2.15. The number of carbonyl (C=O) groups is 2. The molecule has 6 heteroatoms. The third-order valence-electron chi connectivity index (χ3n) is 3.06. The first-order chi connectivity index (χ1) is 8.03. The normalized spacial score (nSPS) is 20.9. The Morgan fingerprint density at radius 1 is 1.24 bits per heavy atom. The maximum absolute atomic E-state index is 12.1. The minimum absolute atomic E-state index is 0.244. The second-order valence-corrected chi connectivity index (χ2v) is 5.09. The van der Waals surface area contributed by atoms with Crippen molar-refractivity contribution in [2.24, 2.45) is 0 Å². The van der Waals surface area contributed by atoms with Crippen molar-refractivity contribution in [3.63, 3.8) is 0 Å². The number of hydrogen-bond donors (Lipinski definition) is 1. The van der Waals surface area contributed by atoms with Crippen molar-refractivity contribution in [3.8, 4) is 0 Å². The van der Waals surface area contributed by atoms with Crippen molar-refractivity contribution in [3.05, 3.63) is 28.2 Å². The molecule has 0 unspecified atom stereocenters. The fourth-order valence-corrected chi connectivity index (χ4v) is 2.33. The van der Waals surface area contributed by atoms with Gasteiger partial charge in [-0.1, -0.05) is 23.2 Å². The van der Waals surface area contributed by atoms with Gasteiger partial charge in [-0.05, 0) is 31.0 Å². The maximum Gasteiger partial charge on any atom is 0.329 e. The van der Waals surface area contributed by atoms with E-state index in [1.54, 1.807) is 12.1 Å². The molecular formula is C11H8Cl2N2O2. The van der Waals surface area contributed by atoms with E-state index in [2.05, 4.69) is 5.32 Å². The lowest BCUT2D eigenvalue weighted by Gasteiger charge is -2.14. The molecule has 3 rings (SSSR count). The summed E-state index contributed by atoms with van der Waals surface area (Å²) in [4.78, 5) is 25.0. The molecule has 17 heavy (non-hydrogen) atoms. The molecule has 0 radical (unpaired) electrons. The number of hydrogen-bond acceptors (Lipinski definition) is 2. The van der Waals surface area contributed by atoms with Crippen LogP contribution in [-0.4, -0.2) is 17.5 Å². The maximum atomic E-state index is 12.1. The first-order valence-electron chi connectivity index (χ1n) is 5.15. The number of rotatable bonds is 1. The van der Waals surface area contributed by atoms with Crippen molar-refractivity contribution >= 4 is 40.8 Å². The Morgan fingerprint density at radius 3 is 2.53 bits per heavy atom. The van der Waals surface area contributed by atoms with Gasteiger partial charge in [0, 0.05) is 5.02 Å². The Hall–Kier alpha value is -1.26. The van der Waals surface area contributed by atoms with Crippen molar-refractivity contribution < 1.29 is 9.59 Å². The van der Waals surface area contributed by atoms with Crippen LogP contribution in [0, 0.1) is 0 Å². The minimum Gasteiger partial charge on any atom is -0.323 e. The number of halogens is 2. The first kappa shape index (κ1) is 10.9. The topological polar surface area (TPSA) is 49.4 Å². The molecule has 0 bridgehead atoms. The van der Waals surface area contributed by atoms with Crippen molar-refractivity contribution in [1.29, 1.82) is 0 Å². The van der Waals surface area contributed by atoms with Crippen molar-refractivity contribution in [2.45, 2.75) is 18.4 Å². The van der Waals surface area contributed by atoms with Gasteiger partial charge in [0.2, 0.25) is 0 Å². The van der Waals surface area contributed by atoms with Gasteiger partial charge in [-0.3, -0.25) is 4.79 Å². The zero-order chi connectivity index (χ0) is 12.2. The molecule has 1 N–H and O–H groups in total. The molecule has 2 fully saturated rings. The summed E-state index contributed by atoms with van der Waals surface area (Å²) in [5, 5.41) is 3.45. The molecule has 88 valence electrons. The highest BCUT2D eigenvalue weighted by atomic mass is 35.5. The number of amides is 3. The minimum atomic E-state index is -0.678. The van der Waals surface area contributed by atoms with Crippen LogP contribution < -0.4 is 10.2 Å². The third-order valence-corrected chi connectivity index (χ3v) is 3.62. The SMILES string of the molecule is O=C1NC2(CC2)C(=O)N1c1cc(Cl)ccc1Cl. The van der Waals surface area contributed by atoms with Gasteiger partial charge in [0.15, 0.2) is 0 Å². The quantitative estimate of drug-likeness (QED) is 0.798. The molecule has 1 spiro atoms. The monoisotopic (exact) mass is 270 g/mol. The van der Waals surface area contributed by atoms with E-state index < -0.39 is 11.6 Å². The number of nitrogens with one attached hydrogen (secondary N) is 1. The number of benzene rings is 1. The van der Waals surface area contributed by atoms with Crippen LogP contribution in [0.4, 0.5) is 10.5 Å². The molecule has 1 aromatic carbocycles. The average Bonchev–Trinajstić information content (AvgIpc) is 2.99. The lowest BCUT2D eigenvalue weighted by atomic mass is 10.2. The highest BCUT2D eigenvalue weighted by Crippen LogP contribution is 2.43. The van der Waals surface area contributed by atoms with Gasteiger partial charge in [0.05, 0.1) is 10.7 Å². The van der Waals surface area contributed by atoms with E-state index in [-0.39, 0.29) is 5.91 Å². The lowest BCUT2D eigenvalue weighted by molar-refractivity contribution is -0.119. The van der Waals surface area contributed by atoms with Gasteiger partial charge in [-0.15, -0.1) is 0 Å². The zero-order valence-corrected chi connectivity index (χ0v) is 10.2. The van der Waals surface area contributed by atoms with Crippen molar-refractivity contribution in [1.82, 2.24) is 5.32 Å². The summed E-state index contributed by atoms with van der Waals surface area (Å²) in [5.41, 5.74) is -0.339. The third kappa shape index (κ3) is 1.51. The smallest absolute Gasteiger partial charge is 0.323 e. The summed E-state index contributed by atoms with van der Waals surface area (Å²) in [7, 11) is 0. The highest BCUT2D eigenvalue weighted by molar-refractivity contribution is 6.38. The summed E-state index contributed by atoms with van der Waals surface area (Å²) in [6, 6.07) is 4.26. The molecule has 1 saturated heterocycles. The first-order valence-corrected chi connectivity index (χ1v) is 5.91. The van der Waals surface area contributed by atoms with Crippen LogP contribution in [0.1, 0.15) is 12.8 Å². The van der Waals surface area contributed by atoms with Crippen LogP contribution >= 0.6 is 23.2 Å². The van der Waals surface area contributed by atoms with Crippen LogP contribution in [-0.2, 0) is 4.79 Å². The number of anilines is 1. The molecule has 2 aliphatic rings. The Balaban J connectivity index is 2.07. The van der Waals surface area contributed by atoms with Crippen LogP contribution in [0.5, 0.6) is 0 Å². The second kappa shape index (κ2) is 3.37. The summed E-state index contributed by atoms with van der Waals surface area (Å²) in [6.07, 6.45) is 1.37. The lowest BCUT2D eigenvalue weighted by Crippen LogP contribution is -2.32. The Morgan fingerprint density at radius 2 is 1.94 bits per heavy atom. The summed E-state index contributed by atoms with van der Waals surface area (Å²) < 4.78 is 0. The van der Waals surface area contributed by atoms with Crippen molar-refractivity contribution in [2.75, 3.05) is 4.90 Å². The number of nitrogens with zero attached hydrogens (tertiary/aromatic N) is 1. The van der Waals surface area contributed by atoms with E-state index in [0.717, 1.165) is 4.90 Å². The van der Waals surface area contributed by atoms with Crippen LogP contribution in [0.15, 0.2) is 18.2 Å². The summed E-state index contributed by atoms with van der Waals surface area (Å²) >= 11 is 11.8. The van der Waals surface area contributed by atoms with E-state index in [4.69, 9.17) is 23.2 Å². The molecule has 1 aromatic rings. The summed E-state index contributed by atoms with van der Waals surface area (Å²) in [5.74, 6) is -0.244. The largest absolute Gasteiger partial charge is 0.329 e. The van der Waals surface area contributed by atoms with Gasteiger partial charge < -0.3 is 5.32 Å². The molecule has 1 heterocycles. The second-order valence-electron chi connectivity index (χ2n) is 4.25. The molecule has 0 aromatic heterocycles. The van der Waals surface area contributed by atoms with Gasteiger partial charge in [-0.2, -0.15) is 0 Å². The van der Waals surface area contributed by atoms with E-state index in [1.165, 1.54) is 6.07 Å². The molecule has 4 nitrogen and oxygen atoms in total. The summed E-state index contributed by atoms with van der Waals surface area (Å²) in [6.45, 7) is 0. The predicted molar refractivity (Wildman–Crippen MR) is 64.4 cm³/mol. The van der Waals surface area contributed by atoms with Gasteiger partial charge in [0.25, 0.3) is 5.91 Å². The van der Waals surface area contributed by atoms with Gasteiger partial charge >= 0.3 is 6.03 Å². The fraction of sp³-hybridized carbons (Fsp3) is 0.273. The molecule has 1 saturated carbocycles. The van der Waals surface area contributed by atoms with Gasteiger partial charge in [0.1, 0.15) is 5.54 Å². The average molecular weight is 271 g/mol. The number of imide groups is 1. The molecule has 1 aliphatic heterocycles. The van der Waals surface area contributed by atoms with E-state index in [1.807, 2.05) is 0 Å². The Labute approximate surface area is 107 Å². The zero-order valence-electron chi connectivity index (χ0n) is 8.67. The highest BCUT2D eigenvalue weighted by Gasteiger charge is 2.60. The molecule has 1 aliphatic carbocycles. The standard InChI is InChI=1S/C11H8Cl2N2O2/c12-6-1-2-7(13)8(5-6)15-9(16)11(3-4-11)14-10(15)17/h1-2,5H,3-4H2,(H,14,17). The van der Waals surface area contributed by atoms with Gasteiger partial charge in [-0.25, -0.2) is 9.69 Å². The van der Waals surface area contributed by atoms with Crippen LogP contribution in [0.25, 0.3) is 0 Å². The number of carbonyl (C=O) groups excluding carboxylic acids is 2. The van der Waals surface area contributed by atoms with E-state index in [0.29, 0.717) is 28.6 Å². The fourth-order valence-electron chi connectivity index (χ4n) is 1.96.